The van der Waals surface area contributed by atoms with Gasteiger partial charge in [-0.2, -0.15) is 5.10 Å². The van der Waals surface area contributed by atoms with Crippen molar-refractivity contribution in [3.8, 4) is 11.3 Å². The van der Waals surface area contributed by atoms with E-state index in [0.717, 1.165) is 44.4 Å². The van der Waals surface area contributed by atoms with E-state index in [1.165, 1.54) is 0 Å². The lowest BCUT2D eigenvalue weighted by Crippen LogP contribution is -2.11. The van der Waals surface area contributed by atoms with E-state index in [1.54, 1.807) is 22.8 Å². The van der Waals surface area contributed by atoms with E-state index in [9.17, 15) is 4.79 Å². The van der Waals surface area contributed by atoms with Crippen LogP contribution in [0.2, 0.25) is 0 Å². The Labute approximate surface area is 217 Å². The minimum absolute atomic E-state index is 0.154. The largest absolute Gasteiger partial charge is 0.455 e. The van der Waals surface area contributed by atoms with E-state index in [1.807, 2.05) is 84.9 Å². The molecule has 0 aliphatic rings. The fourth-order valence-electron chi connectivity index (χ4n) is 4.66. The molecule has 3 aromatic heterocycles. The number of amides is 1. The standard InChI is InChI=1S/C31H21N5O2/c37-30(20-7-2-1-3-8-20)33-21-13-15-22(16-14-21)34-31-35-27(19-23-17-18-32-36(23)31)26-11-6-10-25-24-9-4-5-12-28(24)38-29(25)26/h1-19H,(H,33,37)(H,34,35). The summed E-state index contributed by atoms with van der Waals surface area (Å²) in [6.45, 7) is 0. The number of rotatable bonds is 5. The molecule has 0 bridgehead atoms. The Morgan fingerprint density at radius 2 is 1.53 bits per heavy atom. The number of hydrogen-bond donors (Lipinski definition) is 2. The van der Waals surface area contributed by atoms with Crippen molar-refractivity contribution in [2.45, 2.75) is 0 Å². The molecule has 0 unspecified atom stereocenters. The highest BCUT2D eigenvalue weighted by molar-refractivity contribution is 6.09. The number of benzene rings is 4. The lowest BCUT2D eigenvalue weighted by Gasteiger charge is -2.11. The summed E-state index contributed by atoms with van der Waals surface area (Å²) in [6.07, 6.45) is 1.75. The molecule has 1 amide bonds. The summed E-state index contributed by atoms with van der Waals surface area (Å²) in [5.74, 6) is 0.412. The maximum Gasteiger partial charge on any atom is 0.255 e. The summed E-state index contributed by atoms with van der Waals surface area (Å²) in [5.41, 5.74) is 6.35. The van der Waals surface area contributed by atoms with Gasteiger partial charge >= 0.3 is 0 Å². The van der Waals surface area contributed by atoms with Gasteiger partial charge in [0.15, 0.2) is 0 Å². The topological polar surface area (TPSA) is 84.5 Å². The lowest BCUT2D eigenvalue weighted by atomic mass is 10.1. The molecular weight excluding hydrogens is 474 g/mol. The number of nitrogens with one attached hydrogen (secondary N) is 2. The molecule has 0 aliphatic heterocycles. The number of carbonyl (C=O) groups excluding carboxylic acids is 1. The number of para-hydroxylation sites is 2. The van der Waals surface area contributed by atoms with Crippen LogP contribution in [0.3, 0.4) is 0 Å². The highest BCUT2D eigenvalue weighted by Gasteiger charge is 2.15. The van der Waals surface area contributed by atoms with Crippen molar-refractivity contribution in [3.63, 3.8) is 0 Å². The average Bonchev–Trinajstić information content (AvgIpc) is 3.59. The van der Waals surface area contributed by atoms with Gasteiger partial charge in [0.2, 0.25) is 5.95 Å². The Balaban J connectivity index is 1.22. The number of anilines is 3. The van der Waals surface area contributed by atoms with Crippen LogP contribution in [0.1, 0.15) is 10.4 Å². The van der Waals surface area contributed by atoms with E-state index in [-0.39, 0.29) is 5.91 Å². The molecular formula is C31H21N5O2. The zero-order chi connectivity index (χ0) is 25.5. The number of fused-ring (bicyclic) bond motifs is 4. The summed E-state index contributed by atoms with van der Waals surface area (Å²) in [4.78, 5) is 17.4. The minimum Gasteiger partial charge on any atom is -0.455 e. The number of hydrogen-bond acceptors (Lipinski definition) is 5. The second-order valence-electron chi connectivity index (χ2n) is 8.94. The predicted octanol–water partition coefficient (Wildman–Crippen LogP) is 7.29. The van der Waals surface area contributed by atoms with Crippen molar-refractivity contribution in [3.05, 3.63) is 121 Å². The van der Waals surface area contributed by atoms with Gasteiger partial charge in [0.05, 0.1) is 17.4 Å². The molecule has 182 valence electrons. The zero-order valence-corrected chi connectivity index (χ0v) is 20.1. The Morgan fingerprint density at radius 1 is 0.763 bits per heavy atom. The molecule has 7 heteroatoms. The Kier molecular flexibility index (Phi) is 5.11. The third-order valence-electron chi connectivity index (χ3n) is 6.50. The SMILES string of the molecule is O=C(Nc1ccc(Nc2nc(-c3cccc4c3oc3ccccc34)cc3ccnn23)cc1)c1ccccc1. The van der Waals surface area contributed by atoms with Crippen molar-refractivity contribution < 1.29 is 9.21 Å². The van der Waals surface area contributed by atoms with Gasteiger partial charge in [0.1, 0.15) is 11.2 Å². The number of aromatic nitrogens is 3. The number of carbonyl (C=O) groups is 1. The third kappa shape index (κ3) is 3.83. The first-order valence-electron chi connectivity index (χ1n) is 12.2. The van der Waals surface area contributed by atoms with E-state index >= 15 is 0 Å². The summed E-state index contributed by atoms with van der Waals surface area (Å²) < 4.78 is 8.01. The highest BCUT2D eigenvalue weighted by Crippen LogP contribution is 2.36. The van der Waals surface area contributed by atoms with Crippen molar-refractivity contribution in [1.82, 2.24) is 14.6 Å². The first kappa shape index (κ1) is 21.8. The monoisotopic (exact) mass is 495 g/mol. The van der Waals surface area contributed by atoms with Crippen LogP contribution in [0.25, 0.3) is 38.7 Å². The molecule has 0 radical (unpaired) electrons. The number of nitrogens with zero attached hydrogens (tertiary/aromatic N) is 3. The van der Waals surface area contributed by atoms with Gasteiger partial charge in [-0.15, -0.1) is 0 Å². The third-order valence-corrected chi connectivity index (χ3v) is 6.50. The van der Waals surface area contributed by atoms with Gasteiger partial charge in [0.25, 0.3) is 5.91 Å². The second-order valence-corrected chi connectivity index (χ2v) is 8.94. The van der Waals surface area contributed by atoms with E-state index in [4.69, 9.17) is 9.40 Å². The van der Waals surface area contributed by atoms with Gasteiger partial charge in [-0.1, -0.05) is 48.5 Å². The van der Waals surface area contributed by atoms with Crippen LogP contribution in [-0.4, -0.2) is 20.5 Å². The van der Waals surface area contributed by atoms with Gasteiger partial charge in [-0.05, 0) is 60.7 Å². The molecule has 7 rings (SSSR count). The number of furan rings is 1. The minimum atomic E-state index is -0.154. The first-order valence-corrected chi connectivity index (χ1v) is 12.2. The molecule has 7 aromatic rings. The fourth-order valence-corrected chi connectivity index (χ4v) is 4.66. The van der Waals surface area contributed by atoms with Gasteiger partial charge in [-0.3, -0.25) is 4.79 Å². The summed E-state index contributed by atoms with van der Waals surface area (Å²) >= 11 is 0. The van der Waals surface area contributed by atoms with E-state index in [2.05, 4.69) is 27.9 Å². The first-order chi connectivity index (χ1) is 18.7. The van der Waals surface area contributed by atoms with Crippen LogP contribution in [0.15, 0.2) is 120 Å². The molecule has 0 spiro atoms. The van der Waals surface area contributed by atoms with Crippen molar-refractivity contribution in [1.29, 1.82) is 0 Å². The summed E-state index contributed by atoms with van der Waals surface area (Å²) in [5, 5.41) is 12.9. The van der Waals surface area contributed by atoms with Gasteiger partial charge < -0.3 is 15.1 Å². The van der Waals surface area contributed by atoms with Crippen molar-refractivity contribution in [2.75, 3.05) is 10.6 Å². The maximum absolute atomic E-state index is 12.5. The predicted molar refractivity (Wildman–Crippen MR) is 150 cm³/mol. The highest BCUT2D eigenvalue weighted by atomic mass is 16.3. The van der Waals surface area contributed by atoms with E-state index in [0.29, 0.717) is 17.2 Å². The quantitative estimate of drug-likeness (QED) is 0.262. The zero-order valence-electron chi connectivity index (χ0n) is 20.1. The van der Waals surface area contributed by atoms with E-state index < -0.39 is 0 Å². The van der Waals surface area contributed by atoms with Crippen LogP contribution >= 0.6 is 0 Å². The summed E-state index contributed by atoms with van der Waals surface area (Å²) in [6, 6.07) is 34.7. The normalized spacial score (nSPS) is 11.3. The molecule has 0 saturated heterocycles. The Hall–Kier alpha value is -5.43. The molecule has 2 N–H and O–H groups in total. The van der Waals surface area contributed by atoms with Crippen LogP contribution in [0, 0.1) is 0 Å². The molecule has 7 nitrogen and oxygen atoms in total. The fraction of sp³-hybridized carbons (Fsp3) is 0. The molecule has 3 heterocycles. The van der Waals surface area contributed by atoms with Gasteiger partial charge in [0, 0.05) is 33.3 Å². The Bertz CT molecular complexity index is 1940. The van der Waals surface area contributed by atoms with Crippen molar-refractivity contribution >= 4 is 50.7 Å². The summed E-state index contributed by atoms with van der Waals surface area (Å²) in [7, 11) is 0. The molecule has 38 heavy (non-hydrogen) atoms. The van der Waals surface area contributed by atoms with Crippen LogP contribution < -0.4 is 10.6 Å². The van der Waals surface area contributed by atoms with Crippen LogP contribution in [-0.2, 0) is 0 Å². The molecule has 4 aromatic carbocycles. The maximum atomic E-state index is 12.5. The molecule has 0 saturated carbocycles. The smallest absolute Gasteiger partial charge is 0.255 e. The molecule has 0 atom stereocenters. The lowest BCUT2D eigenvalue weighted by molar-refractivity contribution is 0.102. The average molecular weight is 496 g/mol. The van der Waals surface area contributed by atoms with Crippen LogP contribution in [0.4, 0.5) is 17.3 Å². The van der Waals surface area contributed by atoms with Crippen molar-refractivity contribution in [2.24, 2.45) is 0 Å². The second kappa shape index (κ2) is 8.90. The molecule has 0 fully saturated rings. The Morgan fingerprint density at radius 3 is 2.39 bits per heavy atom. The molecule has 0 aliphatic carbocycles. The van der Waals surface area contributed by atoms with Gasteiger partial charge in [-0.25, -0.2) is 9.50 Å². The van der Waals surface area contributed by atoms with Crippen LogP contribution in [0.5, 0.6) is 0 Å².